The highest BCUT2D eigenvalue weighted by Crippen LogP contribution is 2.20. The van der Waals surface area contributed by atoms with Crippen LogP contribution in [0.25, 0.3) is 0 Å². The number of ether oxygens (including phenoxy) is 1. The number of rotatable bonds is 2. The van der Waals surface area contributed by atoms with Crippen molar-refractivity contribution < 1.29 is 9.53 Å². The van der Waals surface area contributed by atoms with Gasteiger partial charge in [-0.1, -0.05) is 17.7 Å². The zero-order chi connectivity index (χ0) is 13.2. The fourth-order valence-electron chi connectivity index (χ4n) is 2.44. The highest BCUT2D eigenvalue weighted by molar-refractivity contribution is 5.96. The van der Waals surface area contributed by atoms with Gasteiger partial charge >= 0.3 is 0 Å². The Labute approximate surface area is 109 Å². The highest BCUT2D eigenvalue weighted by Gasteiger charge is 2.29. The van der Waals surface area contributed by atoms with E-state index in [4.69, 9.17) is 4.74 Å². The maximum absolute atomic E-state index is 12.3. The highest BCUT2D eigenvalue weighted by atomic mass is 16.5. The number of aryl methyl sites for hydroxylation is 2. The quantitative estimate of drug-likeness (QED) is 0.872. The third-order valence-corrected chi connectivity index (χ3v) is 3.48. The second-order valence-corrected chi connectivity index (χ2v) is 5.49. The lowest BCUT2D eigenvalue weighted by atomic mass is 9.94. The minimum atomic E-state index is -0.230. The van der Waals surface area contributed by atoms with Crippen LogP contribution in [0, 0.1) is 13.8 Å². The van der Waals surface area contributed by atoms with E-state index in [-0.39, 0.29) is 11.4 Å². The Morgan fingerprint density at radius 1 is 1.39 bits per heavy atom. The van der Waals surface area contributed by atoms with Crippen LogP contribution in [0.5, 0.6) is 0 Å². The first kappa shape index (κ1) is 13.1. The number of amides is 1. The number of hydrogen-bond acceptors (Lipinski definition) is 2. The molecule has 0 aliphatic carbocycles. The molecule has 1 aliphatic rings. The molecule has 1 N–H and O–H groups in total. The van der Waals surface area contributed by atoms with Gasteiger partial charge < -0.3 is 10.1 Å². The Morgan fingerprint density at radius 3 is 2.78 bits per heavy atom. The third-order valence-electron chi connectivity index (χ3n) is 3.48. The molecule has 0 saturated carbocycles. The molecule has 0 unspecified atom stereocenters. The molecule has 1 atom stereocenters. The average Bonchev–Trinajstić information content (AvgIpc) is 2.28. The standard InChI is InChI=1S/C15H21NO2/c1-11-5-6-13(12(2)9-11)14(17)16-15(3)7-4-8-18-10-15/h5-6,9H,4,7-8,10H2,1-3H3,(H,16,17)/t15-/m1/s1. The lowest BCUT2D eigenvalue weighted by Gasteiger charge is -2.34. The molecule has 1 amide bonds. The van der Waals surface area contributed by atoms with E-state index in [9.17, 15) is 4.79 Å². The molecule has 3 nitrogen and oxygen atoms in total. The molecule has 98 valence electrons. The van der Waals surface area contributed by atoms with Gasteiger partial charge in [0.05, 0.1) is 12.1 Å². The van der Waals surface area contributed by atoms with Crippen molar-refractivity contribution in [1.82, 2.24) is 5.32 Å². The first-order valence-corrected chi connectivity index (χ1v) is 6.48. The van der Waals surface area contributed by atoms with E-state index >= 15 is 0 Å². The van der Waals surface area contributed by atoms with Crippen LogP contribution in [0.4, 0.5) is 0 Å². The molecule has 0 aromatic heterocycles. The summed E-state index contributed by atoms with van der Waals surface area (Å²) in [5.41, 5.74) is 2.73. The molecule has 0 spiro atoms. The van der Waals surface area contributed by atoms with Gasteiger partial charge in [-0.15, -0.1) is 0 Å². The minimum Gasteiger partial charge on any atom is -0.379 e. The van der Waals surface area contributed by atoms with Crippen LogP contribution in [0.3, 0.4) is 0 Å². The molecule has 1 fully saturated rings. The topological polar surface area (TPSA) is 38.3 Å². The van der Waals surface area contributed by atoms with Gasteiger partial charge in [0.25, 0.3) is 5.91 Å². The molecule has 1 saturated heterocycles. The third kappa shape index (κ3) is 2.91. The van der Waals surface area contributed by atoms with Crippen molar-refractivity contribution in [3.63, 3.8) is 0 Å². The Kier molecular flexibility index (Phi) is 3.71. The zero-order valence-corrected chi connectivity index (χ0v) is 11.4. The van der Waals surface area contributed by atoms with E-state index in [2.05, 4.69) is 5.32 Å². The SMILES string of the molecule is Cc1ccc(C(=O)N[C@]2(C)CCCOC2)c(C)c1. The predicted octanol–water partition coefficient (Wildman–Crippen LogP) is 2.60. The van der Waals surface area contributed by atoms with E-state index < -0.39 is 0 Å². The van der Waals surface area contributed by atoms with Crippen molar-refractivity contribution in [1.29, 1.82) is 0 Å². The Balaban J connectivity index is 2.11. The summed E-state index contributed by atoms with van der Waals surface area (Å²) in [4.78, 5) is 12.3. The molecule has 1 aromatic carbocycles. The summed E-state index contributed by atoms with van der Waals surface area (Å²) in [5, 5.41) is 3.11. The maximum Gasteiger partial charge on any atom is 0.252 e. The van der Waals surface area contributed by atoms with Crippen molar-refractivity contribution >= 4 is 5.91 Å². The van der Waals surface area contributed by atoms with Gasteiger partial charge in [0.15, 0.2) is 0 Å². The molecule has 1 aliphatic heterocycles. The smallest absolute Gasteiger partial charge is 0.252 e. The van der Waals surface area contributed by atoms with Crippen LogP contribution in [0.1, 0.15) is 41.3 Å². The maximum atomic E-state index is 12.3. The average molecular weight is 247 g/mol. The van der Waals surface area contributed by atoms with Crippen LogP contribution >= 0.6 is 0 Å². The molecular formula is C15H21NO2. The summed E-state index contributed by atoms with van der Waals surface area (Å²) < 4.78 is 5.46. The fraction of sp³-hybridized carbons (Fsp3) is 0.533. The molecule has 18 heavy (non-hydrogen) atoms. The molecule has 3 heteroatoms. The number of benzene rings is 1. The van der Waals surface area contributed by atoms with E-state index in [0.717, 1.165) is 30.6 Å². The van der Waals surface area contributed by atoms with E-state index in [1.807, 2.05) is 39.0 Å². The summed E-state index contributed by atoms with van der Waals surface area (Å²) in [6.07, 6.45) is 1.98. The van der Waals surface area contributed by atoms with Gasteiger partial charge in [-0.05, 0) is 45.2 Å². The van der Waals surface area contributed by atoms with Gasteiger partial charge in [-0.3, -0.25) is 4.79 Å². The summed E-state index contributed by atoms with van der Waals surface area (Å²) in [5.74, 6) is 0.000463. The normalized spacial score (nSPS) is 23.7. The number of hydrogen-bond donors (Lipinski definition) is 1. The monoisotopic (exact) mass is 247 g/mol. The van der Waals surface area contributed by atoms with Gasteiger partial charge in [0, 0.05) is 12.2 Å². The van der Waals surface area contributed by atoms with Crippen molar-refractivity contribution in [2.75, 3.05) is 13.2 Å². The number of carbonyl (C=O) groups is 1. The second-order valence-electron chi connectivity index (χ2n) is 5.49. The van der Waals surface area contributed by atoms with Crippen LogP contribution < -0.4 is 5.32 Å². The lowest BCUT2D eigenvalue weighted by molar-refractivity contribution is 0.0272. The van der Waals surface area contributed by atoms with Crippen molar-refractivity contribution in [3.05, 3.63) is 34.9 Å². The molecule has 1 heterocycles. The Bertz CT molecular complexity index is 448. The predicted molar refractivity (Wildman–Crippen MR) is 71.8 cm³/mol. The van der Waals surface area contributed by atoms with Crippen LogP contribution in [0.15, 0.2) is 18.2 Å². The Morgan fingerprint density at radius 2 is 2.17 bits per heavy atom. The largest absolute Gasteiger partial charge is 0.379 e. The van der Waals surface area contributed by atoms with Crippen LogP contribution in [-0.4, -0.2) is 24.7 Å². The fourth-order valence-corrected chi connectivity index (χ4v) is 2.44. The summed E-state index contributed by atoms with van der Waals surface area (Å²) in [6.45, 7) is 7.46. The van der Waals surface area contributed by atoms with Gasteiger partial charge in [0.2, 0.25) is 0 Å². The number of carbonyl (C=O) groups excluding carboxylic acids is 1. The first-order valence-electron chi connectivity index (χ1n) is 6.48. The van der Waals surface area contributed by atoms with Crippen molar-refractivity contribution in [3.8, 4) is 0 Å². The summed E-state index contributed by atoms with van der Waals surface area (Å²) in [6, 6.07) is 5.91. The summed E-state index contributed by atoms with van der Waals surface area (Å²) in [7, 11) is 0. The van der Waals surface area contributed by atoms with Gasteiger partial charge in [0.1, 0.15) is 0 Å². The van der Waals surface area contributed by atoms with E-state index in [1.54, 1.807) is 0 Å². The summed E-state index contributed by atoms with van der Waals surface area (Å²) >= 11 is 0. The molecule has 1 aromatic rings. The molecule has 0 bridgehead atoms. The van der Waals surface area contributed by atoms with E-state index in [1.165, 1.54) is 5.56 Å². The Hall–Kier alpha value is -1.35. The minimum absolute atomic E-state index is 0.000463. The van der Waals surface area contributed by atoms with Crippen molar-refractivity contribution in [2.45, 2.75) is 39.2 Å². The van der Waals surface area contributed by atoms with Crippen LogP contribution in [0.2, 0.25) is 0 Å². The zero-order valence-electron chi connectivity index (χ0n) is 11.4. The lowest BCUT2D eigenvalue weighted by Crippen LogP contribution is -2.51. The second kappa shape index (κ2) is 5.11. The number of nitrogens with one attached hydrogen (secondary N) is 1. The van der Waals surface area contributed by atoms with Gasteiger partial charge in [-0.25, -0.2) is 0 Å². The van der Waals surface area contributed by atoms with E-state index in [0.29, 0.717) is 6.61 Å². The van der Waals surface area contributed by atoms with Gasteiger partial charge in [-0.2, -0.15) is 0 Å². The molecule has 0 radical (unpaired) electrons. The van der Waals surface area contributed by atoms with Crippen LogP contribution in [-0.2, 0) is 4.74 Å². The molecular weight excluding hydrogens is 226 g/mol. The van der Waals surface area contributed by atoms with Crippen molar-refractivity contribution in [2.24, 2.45) is 0 Å². The molecule has 2 rings (SSSR count). The first-order chi connectivity index (χ1) is 8.50.